The van der Waals surface area contributed by atoms with Crippen LogP contribution in [0.1, 0.15) is 13.8 Å². The SMILES string of the molecule is COc1ccc(NC(=O)C(NS(=O)(=O)c2ccc3c(c2)OCCO3)C(C)C)cn1. The van der Waals surface area contributed by atoms with Crippen molar-refractivity contribution in [2.24, 2.45) is 5.92 Å². The molecular weight excluding hydrogens is 398 g/mol. The molecule has 1 aliphatic rings. The molecule has 0 spiro atoms. The molecule has 2 aromatic rings. The van der Waals surface area contributed by atoms with Crippen molar-refractivity contribution in [2.45, 2.75) is 24.8 Å². The van der Waals surface area contributed by atoms with Crippen molar-refractivity contribution >= 4 is 21.6 Å². The Morgan fingerprint density at radius 2 is 1.86 bits per heavy atom. The molecule has 0 aliphatic carbocycles. The highest BCUT2D eigenvalue weighted by Gasteiger charge is 2.29. The molecule has 0 fully saturated rings. The monoisotopic (exact) mass is 421 g/mol. The van der Waals surface area contributed by atoms with E-state index in [1.807, 2.05) is 0 Å². The number of ether oxygens (including phenoxy) is 3. The van der Waals surface area contributed by atoms with E-state index in [4.69, 9.17) is 14.2 Å². The maximum atomic E-state index is 12.9. The number of rotatable bonds is 7. The van der Waals surface area contributed by atoms with Crippen LogP contribution in [0.3, 0.4) is 0 Å². The summed E-state index contributed by atoms with van der Waals surface area (Å²) in [6.45, 7) is 4.26. The summed E-state index contributed by atoms with van der Waals surface area (Å²) in [6, 6.07) is 6.57. The standard InChI is InChI=1S/C19H23N3O6S/c1-12(2)18(19(23)21-13-4-7-17(26-3)20-11-13)22-29(24,25)14-5-6-15-16(10-14)28-9-8-27-15/h4-7,10-12,18,22H,8-9H2,1-3H3,(H,21,23). The maximum Gasteiger partial charge on any atom is 0.242 e. The van der Waals surface area contributed by atoms with Gasteiger partial charge in [-0.05, 0) is 24.1 Å². The molecule has 3 rings (SSSR count). The van der Waals surface area contributed by atoms with Crippen LogP contribution in [-0.4, -0.2) is 45.7 Å². The molecule has 1 atom stereocenters. The lowest BCUT2D eigenvalue weighted by molar-refractivity contribution is -0.118. The molecule has 1 amide bonds. The average molecular weight is 421 g/mol. The quantitative estimate of drug-likeness (QED) is 0.700. The number of benzene rings is 1. The van der Waals surface area contributed by atoms with Crippen LogP contribution in [0.5, 0.6) is 17.4 Å². The van der Waals surface area contributed by atoms with Gasteiger partial charge in [0.1, 0.15) is 19.3 Å². The molecule has 1 aromatic heterocycles. The normalized spacial score (nSPS) is 14.3. The van der Waals surface area contributed by atoms with Gasteiger partial charge in [-0.1, -0.05) is 13.8 Å². The van der Waals surface area contributed by atoms with E-state index in [2.05, 4.69) is 15.0 Å². The van der Waals surface area contributed by atoms with Gasteiger partial charge in [0, 0.05) is 12.1 Å². The molecule has 1 aliphatic heterocycles. The average Bonchev–Trinajstić information content (AvgIpc) is 2.72. The van der Waals surface area contributed by atoms with Crippen LogP contribution >= 0.6 is 0 Å². The van der Waals surface area contributed by atoms with Crippen molar-refractivity contribution < 1.29 is 27.4 Å². The summed E-state index contributed by atoms with van der Waals surface area (Å²) < 4.78 is 44.0. The Morgan fingerprint density at radius 3 is 2.48 bits per heavy atom. The zero-order chi connectivity index (χ0) is 21.0. The fraction of sp³-hybridized carbons (Fsp3) is 0.368. The number of aromatic nitrogens is 1. The first-order valence-electron chi connectivity index (χ1n) is 9.03. The number of fused-ring (bicyclic) bond motifs is 1. The van der Waals surface area contributed by atoms with Crippen molar-refractivity contribution in [3.8, 4) is 17.4 Å². The van der Waals surface area contributed by atoms with Gasteiger partial charge in [0.25, 0.3) is 0 Å². The van der Waals surface area contributed by atoms with Crippen LogP contribution < -0.4 is 24.2 Å². The van der Waals surface area contributed by atoms with Gasteiger partial charge in [-0.25, -0.2) is 13.4 Å². The van der Waals surface area contributed by atoms with Crippen molar-refractivity contribution in [1.82, 2.24) is 9.71 Å². The minimum atomic E-state index is -3.97. The third-order valence-corrected chi connectivity index (χ3v) is 5.71. The van der Waals surface area contributed by atoms with E-state index in [0.29, 0.717) is 36.3 Å². The van der Waals surface area contributed by atoms with Gasteiger partial charge in [-0.15, -0.1) is 0 Å². The highest BCUT2D eigenvalue weighted by molar-refractivity contribution is 7.89. The summed E-state index contributed by atoms with van der Waals surface area (Å²) in [6.07, 6.45) is 1.43. The van der Waals surface area contributed by atoms with Crippen LogP contribution in [0, 0.1) is 5.92 Å². The predicted octanol–water partition coefficient (Wildman–Crippen LogP) is 1.80. The van der Waals surface area contributed by atoms with E-state index in [-0.39, 0.29) is 10.8 Å². The largest absolute Gasteiger partial charge is 0.486 e. The van der Waals surface area contributed by atoms with Crippen molar-refractivity contribution in [2.75, 3.05) is 25.6 Å². The Kier molecular flexibility index (Phi) is 6.23. The Hall–Kier alpha value is -2.85. The first-order chi connectivity index (χ1) is 13.8. The third-order valence-electron chi connectivity index (χ3n) is 4.27. The summed E-state index contributed by atoms with van der Waals surface area (Å²) in [5, 5.41) is 2.67. The molecule has 2 N–H and O–H groups in total. The van der Waals surface area contributed by atoms with Gasteiger partial charge < -0.3 is 19.5 Å². The van der Waals surface area contributed by atoms with Crippen molar-refractivity contribution in [3.63, 3.8) is 0 Å². The highest BCUT2D eigenvalue weighted by atomic mass is 32.2. The van der Waals surface area contributed by atoms with Gasteiger partial charge in [0.05, 0.1) is 23.9 Å². The van der Waals surface area contributed by atoms with E-state index in [0.717, 1.165) is 0 Å². The molecule has 0 saturated carbocycles. The molecular formula is C19H23N3O6S. The summed E-state index contributed by atoms with van der Waals surface area (Å²) in [7, 11) is -2.48. The molecule has 156 valence electrons. The second-order valence-corrected chi connectivity index (χ2v) is 8.44. The van der Waals surface area contributed by atoms with E-state index in [1.165, 1.54) is 31.5 Å². The number of anilines is 1. The zero-order valence-corrected chi connectivity index (χ0v) is 17.2. The molecule has 9 nitrogen and oxygen atoms in total. The topological polar surface area (TPSA) is 116 Å². The molecule has 1 unspecified atom stereocenters. The van der Waals surface area contributed by atoms with Gasteiger partial charge in [0.2, 0.25) is 21.8 Å². The number of methoxy groups -OCH3 is 1. The second kappa shape index (κ2) is 8.66. The minimum Gasteiger partial charge on any atom is -0.486 e. The number of carbonyl (C=O) groups excluding carboxylic acids is 1. The van der Waals surface area contributed by atoms with Gasteiger partial charge in [-0.2, -0.15) is 4.72 Å². The van der Waals surface area contributed by atoms with Crippen LogP contribution in [0.2, 0.25) is 0 Å². The molecule has 0 saturated heterocycles. The Labute approximate surface area is 169 Å². The number of nitrogens with one attached hydrogen (secondary N) is 2. The summed E-state index contributed by atoms with van der Waals surface area (Å²) in [4.78, 5) is 16.7. The third kappa shape index (κ3) is 4.96. The predicted molar refractivity (Wildman–Crippen MR) is 106 cm³/mol. The molecule has 0 bridgehead atoms. The van der Waals surface area contributed by atoms with Crippen LogP contribution in [-0.2, 0) is 14.8 Å². The number of carbonyl (C=O) groups is 1. The lowest BCUT2D eigenvalue weighted by Crippen LogP contribution is -2.47. The number of hydrogen-bond donors (Lipinski definition) is 2. The van der Waals surface area contributed by atoms with E-state index in [1.54, 1.807) is 26.0 Å². The smallest absolute Gasteiger partial charge is 0.242 e. The summed E-state index contributed by atoms with van der Waals surface area (Å²) in [5.74, 6) is 0.457. The lowest BCUT2D eigenvalue weighted by atomic mass is 10.1. The van der Waals surface area contributed by atoms with Crippen LogP contribution in [0.15, 0.2) is 41.4 Å². The zero-order valence-electron chi connectivity index (χ0n) is 16.3. The second-order valence-electron chi connectivity index (χ2n) is 6.73. The number of pyridine rings is 1. The summed E-state index contributed by atoms with van der Waals surface area (Å²) >= 11 is 0. The fourth-order valence-electron chi connectivity index (χ4n) is 2.71. The van der Waals surface area contributed by atoms with Crippen molar-refractivity contribution in [1.29, 1.82) is 0 Å². The maximum absolute atomic E-state index is 12.9. The molecule has 2 heterocycles. The van der Waals surface area contributed by atoms with Gasteiger partial charge in [-0.3, -0.25) is 4.79 Å². The fourth-order valence-corrected chi connectivity index (χ4v) is 4.07. The summed E-state index contributed by atoms with van der Waals surface area (Å²) in [5.41, 5.74) is 0.431. The van der Waals surface area contributed by atoms with Crippen LogP contribution in [0.25, 0.3) is 0 Å². The Balaban J connectivity index is 1.77. The van der Waals surface area contributed by atoms with Crippen molar-refractivity contribution in [3.05, 3.63) is 36.5 Å². The minimum absolute atomic E-state index is 0.00804. The van der Waals surface area contributed by atoms with E-state index in [9.17, 15) is 13.2 Å². The lowest BCUT2D eigenvalue weighted by Gasteiger charge is -2.23. The number of nitrogens with zero attached hydrogens (tertiary/aromatic N) is 1. The molecule has 1 aromatic carbocycles. The highest BCUT2D eigenvalue weighted by Crippen LogP contribution is 2.32. The first-order valence-corrected chi connectivity index (χ1v) is 10.5. The Bertz CT molecular complexity index is 976. The Morgan fingerprint density at radius 1 is 1.14 bits per heavy atom. The first kappa shape index (κ1) is 20.9. The number of hydrogen-bond acceptors (Lipinski definition) is 7. The van der Waals surface area contributed by atoms with Crippen LogP contribution in [0.4, 0.5) is 5.69 Å². The number of sulfonamides is 1. The molecule has 29 heavy (non-hydrogen) atoms. The number of amides is 1. The van der Waals surface area contributed by atoms with Gasteiger partial charge >= 0.3 is 0 Å². The molecule has 0 radical (unpaired) electrons. The molecule has 10 heteroatoms. The van der Waals surface area contributed by atoms with E-state index >= 15 is 0 Å². The van der Waals surface area contributed by atoms with E-state index < -0.39 is 22.0 Å². The van der Waals surface area contributed by atoms with Gasteiger partial charge in [0.15, 0.2) is 11.5 Å².